The molecule has 0 spiro atoms. The predicted octanol–water partition coefficient (Wildman–Crippen LogP) is 5.86. The van der Waals surface area contributed by atoms with Crippen LogP contribution in [-0.2, 0) is 14.9 Å². The van der Waals surface area contributed by atoms with Gasteiger partial charge in [-0.25, -0.2) is 4.99 Å². The van der Waals surface area contributed by atoms with Crippen LogP contribution in [0.5, 0.6) is 11.5 Å². The van der Waals surface area contributed by atoms with Crippen molar-refractivity contribution in [2.24, 2.45) is 4.99 Å². The van der Waals surface area contributed by atoms with Gasteiger partial charge in [0.25, 0.3) is 11.6 Å². The highest BCUT2D eigenvalue weighted by Crippen LogP contribution is 2.38. The van der Waals surface area contributed by atoms with E-state index in [0.717, 1.165) is 33.5 Å². The number of benzene rings is 3. The number of amidine groups is 1. The van der Waals surface area contributed by atoms with Crippen molar-refractivity contribution in [2.75, 3.05) is 6.61 Å². The van der Waals surface area contributed by atoms with E-state index in [1.54, 1.807) is 25.1 Å². The Hall–Kier alpha value is -2.70. The topological polar surface area (TPSA) is 137 Å². The second kappa shape index (κ2) is 12.0. The van der Waals surface area contributed by atoms with Crippen molar-refractivity contribution in [2.45, 2.75) is 11.8 Å². The van der Waals surface area contributed by atoms with Gasteiger partial charge in [0.2, 0.25) is 0 Å². The molecule has 3 aromatic carbocycles. The van der Waals surface area contributed by atoms with E-state index in [1.807, 2.05) is 46.9 Å². The third-order valence-corrected chi connectivity index (χ3v) is 8.74. The summed E-state index contributed by atoms with van der Waals surface area (Å²) in [6.45, 7) is 1.96. The van der Waals surface area contributed by atoms with Crippen molar-refractivity contribution >= 4 is 95.6 Å². The summed E-state index contributed by atoms with van der Waals surface area (Å²) in [5, 5.41) is 14.1. The molecule has 0 saturated carbocycles. The Bertz CT molecular complexity index is 1590. The molecule has 0 aromatic heterocycles. The van der Waals surface area contributed by atoms with Gasteiger partial charge in [0, 0.05) is 15.7 Å². The summed E-state index contributed by atoms with van der Waals surface area (Å²) in [4.78, 5) is 27.5. The zero-order chi connectivity index (χ0) is 27.4. The van der Waals surface area contributed by atoms with Crippen molar-refractivity contribution < 1.29 is 27.1 Å². The van der Waals surface area contributed by atoms with Gasteiger partial charge in [-0.05, 0) is 112 Å². The first-order valence-corrected chi connectivity index (χ1v) is 15.1. The van der Waals surface area contributed by atoms with Crippen molar-refractivity contribution in [3.63, 3.8) is 0 Å². The van der Waals surface area contributed by atoms with Crippen LogP contribution in [0.25, 0.3) is 6.08 Å². The fourth-order valence-corrected chi connectivity index (χ4v) is 6.38. The molecule has 0 bridgehead atoms. The minimum atomic E-state index is -4.31. The molecule has 1 fully saturated rings. The number of rotatable bonds is 8. The molecule has 0 aliphatic carbocycles. The van der Waals surface area contributed by atoms with Crippen molar-refractivity contribution in [3.8, 4) is 11.5 Å². The molecule has 3 aromatic rings. The molecule has 1 aliphatic heterocycles. The molecule has 1 saturated heterocycles. The Morgan fingerprint density at radius 1 is 1.11 bits per heavy atom. The molecule has 1 amide bonds. The maximum atomic E-state index is 12.9. The lowest BCUT2D eigenvalue weighted by molar-refractivity contribution is -0.384. The van der Waals surface area contributed by atoms with Gasteiger partial charge in [-0.2, -0.15) is 8.42 Å². The number of carbonyl (C=O) groups excluding carboxylic acids is 1. The number of nitrogens with zero attached hydrogens (tertiary/aromatic N) is 2. The molecular formula is C24H17I2N3O7S2. The van der Waals surface area contributed by atoms with E-state index in [2.05, 4.69) is 32.9 Å². The molecule has 0 radical (unpaired) electrons. The standard InChI is InChI=1S/C24H17I2N3O7S2/c1-2-35-20-12-14(13-21-23(30)28-24(37-21)27-19-6-4-3-5-17(19)25)11-18(26)22(20)36-38(33,34)16-9-7-15(8-10-16)29(31)32/h3-13H,2H2,1H3,(H,27,28,30)/b21-13+. The highest BCUT2D eigenvalue weighted by atomic mass is 127. The fourth-order valence-electron chi connectivity index (χ4n) is 3.19. The van der Waals surface area contributed by atoms with Crippen LogP contribution >= 0.6 is 56.9 Å². The molecular weight excluding hydrogens is 760 g/mol. The van der Waals surface area contributed by atoms with E-state index >= 15 is 0 Å². The van der Waals surface area contributed by atoms with Crippen LogP contribution in [0.15, 0.2) is 75.5 Å². The number of carbonyl (C=O) groups is 1. The van der Waals surface area contributed by atoms with Crippen LogP contribution in [0.3, 0.4) is 0 Å². The van der Waals surface area contributed by atoms with E-state index in [9.17, 15) is 23.3 Å². The Kier molecular flexibility index (Phi) is 8.94. The molecule has 0 unspecified atom stereocenters. The number of nitro groups is 1. The summed E-state index contributed by atoms with van der Waals surface area (Å²) in [6, 6.07) is 15.1. The predicted molar refractivity (Wildman–Crippen MR) is 161 cm³/mol. The number of non-ortho nitro benzene ring substituents is 1. The highest BCUT2D eigenvalue weighted by molar-refractivity contribution is 14.1. The number of aliphatic imine (C=N–C) groups is 1. The van der Waals surface area contributed by atoms with Gasteiger partial charge in [0.05, 0.1) is 25.7 Å². The van der Waals surface area contributed by atoms with Crippen LogP contribution in [0.4, 0.5) is 11.4 Å². The molecule has 38 heavy (non-hydrogen) atoms. The van der Waals surface area contributed by atoms with Gasteiger partial charge in [0.1, 0.15) is 4.90 Å². The zero-order valence-electron chi connectivity index (χ0n) is 19.4. The third kappa shape index (κ3) is 6.65. The smallest absolute Gasteiger partial charge is 0.339 e. The van der Waals surface area contributed by atoms with Gasteiger partial charge in [-0.15, -0.1) is 0 Å². The monoisotopic (exact) mass is 777 g/mol. The van der Waals surface area contributed by atoms with Crippen molar-refractivity contribution in [3.05, 3.63) is 88.4 Å². The molecule has 0 atom stereocenters. The Morgan fingerprint density at radius 3 is 2.47 bits per heavy atom. The Labute approximate surface area is 249 Å². The van der Waals surface area contributed by atoms with Crippen LogP contribution in [0, 0.1) is 17.3 Å². The second-order valence-electron chi connectivity index (χ2n) is 7.48. The molecule has 1 aliphatic rings. The summed E-state index contributed by atoms with van der Waals surface area (Å²) in [5.74, 6) is -0.181. The SMILES string of the molecule is CCOc1cc(/C=C2/SC(=Nc3ccccc3I)NC2=O)cc(I)c1OS(=O)(=O)c1ccc([N+](=O)[O-])cc1. The van der Waals surface area contributed by atoms with E-state index < -0.39 is 15.0 Å². The molecule has 1 heterocycles. The van der Waals surface area contributed by atoms with Gasteiger partial charge < -0.3 is 14.2 Å². The van der Waals surface area contributed by atoms with Gasteiger partial charge in [-0.1, -0.05) is 12.1 Å². The zero-order valence-corrected chi connectivity index (χ0v) is 25.3. The minimum Gasteiger partial charge on any atom is -0.490 e. The van der Waals surface area contributed by atoms with Gasteiger partial charge in [0.15, 0.2) is 16.7 Å². The summed E-state index contributed by atoms with van der Waals surface area (Å²) in [7, 11) is -4.31. The second-order valence-corrected chi connectivity index (χ2v) is 12.4. The number of nitrogens with one attached hydrogen (secondary N) is 1. The van der Waals surface area contributed by atoms with Gasteiger partial charge >= 0.3 is 10.1 Å². The average molecular weight is 777 g/mol. The average Bonchev–Trinajstić information content (AvgIpc) is 3.21. The number of halogens is 2. The first kappa shape index (κ1) is 28.3. The summed E-state index contributed by atoms with van der Waals surface area (Å²) in [6.07, 6.45) is 1.65. The lowest BCUT2D eigenvalue weighted by atomic mass is 10.2. The first-order chi connectivity index (χ1) is 18.1. The summed E-state index contributed by atoms with van der Waals surface area (Å²) >= 11 is 5.28. The Balaban J connectivity index is 1.62. The summed E-state index contributed by atoms with van der Waals surface area (Å²) < 4.78 is 38.2. The number of amides is 1. The maximum absolute atomic E-state index is 12.9. The number of para-hydroxylation sites is 1. The third-order valence-electron chi connectivity index (χ3n) is 4.88. The van der Waals surface area contributed by atoms with E-state index in [4.69, 9.17) is 8.92 Å². The lowest BCUT2D eigenvalue weighted by Crippen LogP contribution is -2.19. The van der Waals surface area contributed by atoms with Crippen LogP contribution in [-0.4, -0.2) is 31.0 Å². The van der Waals surface area contributed by atoms with Crippen LogP contribution in [0.1, 0.15) is 12.5 Å². The lowest BCUT2D eigenvalue weighted by Gasteiger charge is -2.14. The maximum Gasteiger partial charge on any atom is 0.339 e. The molecule has 14 heteroatoms. The van der Waals surface area contributed by atoms with Crippen molar-refractivity contribution in [1.29, 1.82) is 0 Å². The molecule has 196 valence electrons. The van der Waals surface area contributed by atoms with Crippen molar-refractivity contribution in [1.82, 2.24) is 5.32 Å². The largest absolute Gasteiger partial charge is 0.490 e. The van der Waals surface area contributed by atoms with E-state index in [1.165, 1.54) is 11.8 Å². The number of ether oxygens (including phenoxy) is 1. The first-order valence-electron chi connectivity index (χ1n) is 10.8. The normalized spacial score (nSPS) is 15.5. The van der Waals surface area contributed by atoms with E-state index in [0.29, 0.717) is 19.2 Å². The number of thioether (sulfide) groups is 1. The highest BCUT2D eigenvalue weighted by Gasteiger charge is 2.26. The molecule has 1 N–H and O–H groups in total. The minimum absolute atomic E-state index is 0.0302. The number of hydrogen-bond donors (Lipinski definition) is 1. The van der Waals surface area contributed by atoms with E-state index in [-0.39, 0.29) is 34.6 Å². The quantitative estimate of drug-likeness (QED) is 0.0988. The van der Waals surface area contributed by atoms with Crippen LogP contribution in [0.2, 0.25) is 0 Å². The van der Waals surface area contributed by atoms with Gasteiger partial charge in [-0.3, -0.25) is 14.9 Å². The number of nitro benzene ring substituents is 1. The molecule has 10 nitrogen and oxygen atoms in total. The Morgan fingerprint density at radius 2 is 1.82 bits per heavy atom. The molecule has 4 rings (SSSR count). The fraction of sp³-hybridized carbons (Fsp3) is 0.0833. The summed E-state index contributed by atoms with van der Waals surface area (Å²) in [5.41, 5.74) is 1.08. The number of hydrogen-bond acceptors (Lipinski definition) is 9. The van der Waals surface area contributed by atoms with Crippen LogP contribution < -0.4 is 14.2 Å².